The van der Waals surface area contributed by atoms with Gasteiger partial charge in [-0.1, -0.05) is 59.5 Å². The molecule has 0 N–H and O–H groups in total. The number of para-hydroxylation sites is 1. The summed E-state index contributed by atoms with van der Waals surface area (Å²) in [6, 6.07) is 44.4. The third kappa shape index (κ3) is 8.12. The number of hydrogen-bond acceptors (Lipinski definition) is 5. The molecule has 1 radical (unpaired) electrons. The van der Waals surface area contributed by atoms with Gasteiger partial charge >= 0.3 is 167 Å². The van der Waals surface area contributed by atoms with Gasteiger partial charge in [0.25, 0.3) is 0 Å². The number of benzene rings is 4. The summed E-state index contributed by atoms with van der Waals surface area (Å²) in [5, 5.41) is 2.04. The van der Waals surface area contributed by atoms with Gasteiger partial charge in [0.15, 0.2) is 0 Å². The molecule has 0 spiro atoms. The zero-order valence-electron chi connectivity index (χ0n) is 38.2. The summed E-state index contributed by atoms with van der Waals surface area (Å²) >= 11 is -1.94. The quantitative estimate of drug-likeness (QED) is 0.117. The molecule has 0 aliphatic heterocycles. The van der Waals surface area contributed by atoms with Gasteiger partial charge in [0.2, 0.25) is 0 Å². The van der Waals surface area contributed by atoms with Crippen molar-refractivity contribution in [1.82, 2.24) is 24.5 Å². The zero-order chi connectivity index (χ0) is 43.7. The maximum absolute atomic E-state index is 6.49. The van der Waals surface area contributed by atoms with Crippen LogP contribution >= 0.6 is 0 Å². The molecule has 4 aromatic carbocycles. The monoisotopic (exact) mass is 1090 g/mol. The molecule has 4 aliphatic rings. The second-order valence-corrected chi connectivity index (χ2v) is 30.5. The third-order valence-corrected chi connectivity index (χ3v) is 18.9. The van der Waals surface area contributed by atoms with Gasteiger partial charge in [-0.05, 0) is 38.5 Å². The number of aryl methyl sites for hydroxylation is 3. The average Bonchev–Trinajstić information content (AvgIpc) is 3.88. The van der Waals surface area contributed by atoms with Crippen LogP contribution in [-0.4, -0.2) is 37.8 Å². The summed E-state index contributed by atoms with van der Waals surface area (Å²) in [5.74, 6) is 13.4. The molecule has 329 valence electrons. The first-order chi connectivity index (χ1) is 31.1. The largest absolute Gasteiger partial charge is 0 e. The van der Waals surface area contributed by atoms with Crippen LogP contribution in [-0.2, 0) is 26.5 Å². The van der Waals surface area contributed by atoms with Crippen LogP contribution in [0.25, 0.3) is 72.4 Å². The van der Waals surface area contributed by atoms with E-state index in [9.17, 15) is 0 Å². The van der Waals surface area contributed by atoms with Crippen molar-refractivity contribution < 1.29 is 24.5 Å². The number of furan rings is 1. The van der Waals surface area contributed by atoms with Crippen LogP contribution in [0.4, 0.5) is 0 Å². The van der Waals surface area contributed by atoms with Crippen molar-refractivity contribution in [3.05, 3.63) is 156 Å². The molecular formula is C57H55GeIrN5O-2. The molecular weight excluding hydrogens is 1040 g/mol. The van der Waals surface area contributed by atoms with Crippen LogP contribution in [0, 0.1) is 62.5 Å². The van der Waals surface area contributed by atoms with Gasteiger partial charge in [-0.25, -0.2) is 0 Å². The van der Waals surface area contributed by atoms with Crippen LogP contribution in [0.2, 0.25) is 17.3 Å². The van der Waals surface area contributed by atoms with E-state index in [1.165, 1.54) is 32.1 Å². The SMILES string of the molecule is Cc1cc2oc3c(-c4nc5c(C)nccc5n4-c4ccccc4-c4ccccc4)[c-]ccc3c2c(C)n1.[CH3][Ge]([CH3])([CH3])[c]1cnc(-c2[c-]cccc2)cc1CC1C2CC3CC(C2)CC1C3.[Ir]. The molecule has 4 fully saturated rings. The van der Waals surface area contributed by atoms with Crippen LogP contribution < -0.4 is 4.40 Å². The van der Waals surface area contributed by atoms with E-state index in [1.54, 1.807) is 16.4 Å². The first-order valence-corrected chi connectivity index (χ1v) is 30.6. The van der Waals surface area contributed by atoms with E-state index in [0.717, 1.165) is 119 Å². The second-order valence-electron chi connectivity index (χ2n) is 19.9. The Bertz CT molecular complexity index is 3160. The zero-order valence-corrected chi connectivity index (χ0v) is 42.6. The minimum Gasteiger partial charge on any atom is 0 e. The fraction of sp³-hybridized carbons (Fsp3) is 0.298. The van der Waals surface area contributed by atoms with E-state index in [-0.39, 0.29) is 20.1 Å². The molecule has 0 unspecified atom stereocenters. The summed E-state index contributed by atoms with van der Waals surface area (Å²) in [6.07, 6.45) is 13.0. The average molecular weight is 1090 g/mol. The fourth-order valence-electron chi connectivity index (χ4n) is 12.0. The molecule has 65 heavy (non-hydrogen) atoms. The first-order valence-electron chi connectivity index (χ1n) is 23.2. The fourth-order valence-corrected chi connectivity index (χ4v) is 15.3. The Balaban J connectivity index is 0.000000158. The Kier molecular flexibility index (Phi) is 11.8. The van der Waals surface area contributed by atoms with E-state index in [4.69, 9.17) is 14.4 Å². The molecule has 4 bridgehead atoms. The van der Waals surface area contributed by atoms with Crippen LogP contribution in [0.3, 0.4) is 0 Å². The van der Waals surface area contributed by atoms with Crippen LogP contribution in [0.15, 0.2) is 126 Å². The second kappa shape index (κ2) is 17.5. The molecule has 5 aromatic heterocycles. The van der Waals surface area contributed by atoms with Gasteiger partial charge in [-0.15, -0.1) is 18.2 Å². The molecule has 0 atom stereocenters. The van der Waals surface area contributed by atoms with Gasteiger partial charge in [0.05, 0.1) is 28.1 Å². The summed E-state index contributed by atoms with van der Waals surface area (Å²) in [5.41, 5.74) is 14.2. The van der Waals surface area contributed by atoms with Crippen molar-refractivity contribution in [2.75, 3.05) is 0 Å². The van der Waals surface area contributed by atoms with E-state index >= 15 is 0 Å². The van der Waals surface area contributed by atoms with Crippen LogP contribution in [0.5, 0.6) is 0 Å². The molecule has 5 heterocycles. The maximum Gasteiger partial charge on any atom is 0 e. The molecule has 0 amide bonds. The predicted molar refractivity (Wildman–Crippen MR) is 264 cm³/mol. The molecule has 0 saturated heterocycles. The Labute approximate surface area is 399 Å². The summed E-state index contributed by atoms with van der Waals surface area (Å²) < 4.78 is 10.3. The minimum atomic E-state index is -1.94. The molecule has 4 saturated carbocycles. The van der Waals surface area contributed by atoms with Gasteiger partial charge in [0.1, 0.15) is 5.58 Å². The first kappa shape index (κ1) is 43.7. The topological polar surface area (TPSA) is 69.6 Å². The number of imidazole rings is 1. The normalized spacial score (nSPS) is 19.9. The molecule has 4 aliphatic carbocycles. The minimum absolute atomic E-state index is 0. The molecule has 9 aromatic rings. The number of aromatic nitrogens is 5. The van der Waals surface area contributed by atoms with Gasteiger partial charge in [-0.2, -0.15) is 0 Å². The third-order valence-electron chi connectivity index (χ3n) is 14.6. The smallest absolute Gasteiger partial charge is 0 e. The number of pyridine rings is 3. The van der Waals surface area contributed by atoms with Crippen molar-refractivity contribution in [2.24, 2.45) is 29.6 Å². The Morgan fingerprint density at radius 2 is 1.48 bits per heavy atom. The van der Waals surface area contributed by atoms with E-state index in [2.05, 4.69) is 117 Å². The number of fused-ring (bicyclic) bond motifs is 4. The number of rotatable bonds is 7. The predicted octanol–water partition coefficient (Wildman–Crippen LogP) is 13.5. The van der Waals surface area contributed by atoms with E-state index in [0.29, 0.717) is 0 Å². The van der Waals surface area contributed by atoms with E-state index in [1.807, 2.05) is 69.4 Å². The van der Waals surface area contributed by atoms with Crippen molar-refractivity contribution in [3.8, 4) is 39.5 Å². The van der Waals surface area contributed by atoms with Crippen LogP contribution in [0.1, 0.15) is 54.7 Å². The van der Waals surface area contributed by atoms with Gasteiger partial charge < -0.3 is 8.98 Å². The van der Waals surface area contributed by atoms with Crippen molar-refractivity contribution >= 4 is 50.6 Å². The van der Waals surface area contributed by atoms with Crippen molar-refractivity contribution in [3.63, 3.8) is 0 Å². The number of hydrogen-bond donors (Lipinski definition) is 0. The van der Waals surface area contributed by atoms with Crippen molar-refractivity contribution in [1.29, 1.82) is 0 Å². The summed E-state index contributed by atoms with van der Waals surface area (Å²) in [7, 11) is 0. The molecule has 13 rings (SSSR count). The van der Waals surface area contributed by atoms with Crippen molar-refractivity contribution in [2.45, 2.75) is 76.6 Å². The Morgan fingerprint density at radius 1 is 0.738 bits per heavy atom. The maximum atomic E-state index is 6.49. The van der Waals surface area contributed by atoms with Gasteiger partial charge in [-0.3, -0.25) is 15.0 Å². The Morgan fingerprint density at radius 3 is 2.22 bits per heavy atom. The standard InChI is InChI=1S/C32H23N4O.C25H32GeN.Ir/c1-19-18-28-29(20(2)34-19)24-13-9-14-25(31(24)37-28)32-35-30-21(3)33-17-16-27(30)36(32)26-15-8-7-12-23(26)22-10-5-4-6-11-22;1-26(2,3)24-16-27-25(19-7-5-4-6-8-19)15-22(24)14-23-20-10-17-9-18(12-20)13-21(23)11-17;/h4-13,15-18H,1-3H3;4-7,15-18,20-21,23H,9-14H2,1-3H3;/q2*-1;. The summed E-state index contributed by atoms with van der Waals surface area (Å²) in [4.78, 5) is 19.2. The molecule has 6 nitrogen and oxygen atoms in total. The number of nitrogens with zero attached hydrogens (tertiary/aromatic N) is 5. The Hall–Kier alpha value is -5.21. The van der Waals surface area contributed by atoms with Gasteiger partial charge in [0, 0.05) is 60.4 Å². The van der Waals surface area contributed by atoms with E-state index < -0.39 is 13.3 Å². The summed E-state index contributed by atoms with van der Waals surface area (Å²) in [6.45, 7) is 6.01. The molecule has 8 heteroatoms.